The number of nitrogens with one attached hydrogen (secondary N) is 1. The largest absolute Gasteiger partial charge is 0.460 e. The standard InChI is InChI=1S/C13H19N3O3/c1-4-18-12(17)11-6-5-10(19-11)8-16-13(14)15-7-9(2)3/h5-6H,2,4,7-8H2,1,3H3,(H3,14,15,16). The van der Waals surface area contributed by atoms with Crippen molar-refractivity contribution in [3.8, 4) is 0 Å². The van der Waals surface area contributed by atoms with Crippen molar-refractivity contribution in [2.24, 2.45) is 10.7 Å². The quantitative estimate of drug-likeness (QED) is 0.351. The van der Waals surface area contributed by atoms with E-state index in [-0.39, 0.29) is 12.3 Å². The second kappa shape index (κ2) is 7.25. The van der Waals surface area contributed by atoms with E-state index < -0.39 is 5.97 Å². The summed E-state index contributed by atoms with van der Waals surface area (Å²) in [7, 11) is 0. The summed E-state index contributed by atoms with van der Waals surface area (Å²) in [6.45, 7) is 8.51. The normalized spacial score (nSPS) is 11.2. The first-order chi connectivity index (χ1) is 9.02. The average Bonchev–Trinajstić information content (AvgIpc) is 2.83. The van der Waals surface area contributed by atoms with Crippen LogP contribution in [0.15, 0.2) is 33.7 Å². The second-order valence-electron chi connectivity index (χ2n) is 4.00. The predicted molar refractivity (Wildman–Crippen MR) is 72.8 cm³/mol. The molecule has 0 bridgehead atoms. The highest BCUT2D eigenvalue weighted by Gasteiger charge is 2.11. The van der Waals surface area contributed by atoms with E-state index in [4.69, 9.17) is 14.9 Å². The highest BCUT2D eigenvalue weighted by Crippen LogP contribution is 2.10. The van der Waals surface area contributed by atoms with E-state index in [2.05, 4.69) is 16.9 Å². The van der Waals surface area contributed by atoms with Crippen LogP contribution in [-0.2, 0) is 11.3 Å². The molecule has 1 aromatic rings. The van der Waals surface area contributed by atoms with Crippen molar-refractivity contribution in [1.82, 2.24) is 5.32 Å². The van der Waals surface area contributed by atoms with E-state index in [0.29, 0.717) is 24.9 Å². The molecule has 0 aliphatic carbocycles. The van der Waals surface area contributed by atoms with Crippen molar-refractivity contribution in [3.63, 3.8) is 0 Å². The SMILES string of the molecule is C=C(C)CNC(N)=NCc1ccc(C(=O)OCC)o1. The number of nitrogens with two attached hydrogens (primary N) is 1. The summed E-state index contributed by atoms with van der Waals surface area (Å²) in [6, 6.07) is 3.22. The average molecular weight is 265 g/mol. The van der Waals surface area contributed by atoms with Gasteiger partial charge in [-0.3, -0.25) is 0 Å². The maximum absolute atomic E-state index is 11.4. The minimum atomic E-state index is -0.480. The lowest BCUT2D eigenvalue weighted by Gasteiger charge is -2.03. The predicted octanol–water partition coefficient (Wildman–Crippen LogP) is 1.44. The van der Waals surface area contributed by atoms with Crippen molar-refractivity contribution < 1.29 is 13.9 Å². The lowest BCUT2D eigenvalue weighted by atomic mass is 10.3. The molecule has 0 saturated carbocycles. The Morgan fingerprint density at radius 1 is 1.58 bits per heavy atom. The first kappa shape index (κ1) is 14.8. The van der Waals surface area contributed by atoms with Crippen LogP contribution >= 0.6 is 0 Å². The van der Waals surface area contributed by atoms with Gasteiger partial charge in [0.1, 0.15) is 12.3 Å². The van der Waals surface area contributed by atoms with Crippen LogP contribution in [0.1, 0.15) is 30.2 Å². The fraction of sp³-hybridized carbons (Fsp3) is 0.385. The van der Waals surface area contributed by atoms with Crippen molar-refractivity contribution in [2.75, 3.05) is 13.2 Å². The van der Waals surface area contributed by atoms with E-state index in [1.165, 1.54) is 0 Å². The summed E-state index contributed by atoms with van der Waals surface area (Å²) in [6.07, 6.45) is 0. The molecule has 0 amide bonds. The van der Waals surface area contributed by atoms with Gasteiger partial charge in [-0.2, -0.15) is 0 Å². The van der Waals surface area contributed by atoms with Gasteiger partial charge in [0.15, 0.2) is 5.96 Å². The molecular formula is C13H19N3O3. The molecule has 0 aliphatic rings. The van der Waals surface area contributed by atoms with Gasteiger partial charge in [0, 0.05) is 6.54 Å². The third kappa shape index (κ3) is 5.29. The molecule has 6 nitrogen and oxygen atoms in total. The lowest BCUT2D eigenvalue weighted by Crippen LogP contribution is -2.32. The monoisotopic (exact) mass is 265 g/mol. The maximum atomic E-state index is 11.4. The lowest BCUT2D eigenvalue weighted by molar-refractivity contribution is 0.0488. The van der Waals surface area contributed by atoms with Crippen molar-refractivity contribution in [3.05, 3.63) is 35.8 Å². The van der Waals surface area contributed by atoms with Crippen LogP contribution in [0.4, 0.5) is 0 Å². The zero-order valence-corrected chi connectivity index (χ0v) is 11.2. The summed E-state index contributed by atoms with van der Waals surface area (Å²) in [5.74, 6) is 0.534. The second-order valence-corrected chi connectivity index (χ2v) is 4.00. The van der Waals surface area contributed by atoms with E-state index in [0.717, 1.165) is 5.57 Å². The smallest absolute Gasteiger partial charge is 0.374 e. The molecule has 0 radical (unpaired) electrons. The van der Waals surface area contributed by atoms with E-state index in [9.17, 15) is 4.79 Å². The van der Waals surface area contributed by atoms with Gasteiger partial charge in [-0.25, -0.2) is 9.79 Å². The first-order valence-corrected chi connectivity index (χ1v) is 5.97. The molecule has 6 heteroatoms. The van der Waals surface area contributed by atoms with Crippen LogP contribution in [0.5, 0.6) is 0 Å². The Morgan fingerprint density at radius 3 is 2.95 bits per heavy atom. The highest BCUT2D eigenvalue weighted by molar-refractivity contribution is 5.86. The molecule has 1 rings (SSSR count). The van der Waals surface area contributed by atoms with Gasteiger partial charge in [-0.1, -0.05) is 12.2 Å². The maximum Gasteiger partial charge on any atom is 0.374 e. The summed E-state index contributed by atoms with van der Waals surface area (Å²) < 4.78 is 10.1. The Kier molecular flexibility index (Phi) is 5.66. The van der Waals surface area contributed by atoms with Crippen LogP contribution in [-0.4, -0.2) is 25.1 Å². The fourth-order valence-electron chi connectivity index (χ4n) is 1.24. The number of nitrogens with zero attached hydrogens (tertiary/aromatic N) is 1. The topological polar surface area (TPSA) is 89.8 Å². The Morgan fingerprint density at radius 2 is 2.32 bits per heavy atom. The molecule has 1 aromatic heterocycles. The molecule has 1 heterocycles. The van der Waals surface area contributed by atoms with Crippen molar-refractivity contribution >= 4 is 11.9 Å². The Balaban J connectivity index is 2.51. The molecule has 3 N–H and O–H groups in total. The zero-order chi connectivity index (χ0) is 14.3. The molecule has 0 aromatic carbocycles. The first-order valence-electron chi connectivity index (χ1n) is 5.97. The number of ether oxygens (including phenoxy) is 1. The fourth-order valence-corrected chi connectivity index (χ4v) is 1.24. The molecular weight excluding hydrogens is 246 g/mol. The Labute approximate surface area is 112 Å². The highest BCUT2D eigenvalue weighted by atomic mass is 16.5. The van der Waals surface area contributed by atoms with E-state index >= 15 is 0 Å². The van der Waals surface area contributed by atoms with Crippen LogP contribution in [0.2, 0.25) is 0 Å². The number of hydrogen-bond acceptors (Lipinski definition) is 4. The van der Waals surface area contributed by atoms with Crippen LogP contribution < -0.4 is 11.1 Å². The van der Waals surface area contributed by atoms with Gasteiger partial charge in [-0.15, -0.1) is 0 Å². The van der Waals surface area contributed by atoms with Gasteiger partial charge in [-0.05, 0) is 26.0 Å². The molecule has 104 valence electrons. The minimum Gasteiger partial charge on any atom is -0.460 e. The number of esters is 1. The number of aliphatic imine (C=N–C) groups is 1. The van der Waals surface area contributed by atoms with Crippen molar-refractivity contribution in [1.29, 1.82) is 0 Å². The van der Waals surface area contributed by atoms with E-state index in [1.54, 1.807) is 19.1 Å². The van der Waals surface area contributed by atoms with Gasteiger partial charge >= 0.3 is 5.97 Å². The molecule has 0 atom stereocenters. The number of carbonyl (C=O) groups is 1. The third-order valence-electron chi connectivity index (χ3n) is 2.11. The number of furan rings is 1. The number of carbonyl (C=O) groups excluding carboxylic acids is 1. The number of hydrogen-bond donors (Lipinski definition) is 2. The van der Waals surface area contributed by atoms with Gasteiger partial charge in [0.2, 0.25) is 5.76 Å². The van der Waals surface area contributed by atoms with E-state index in [1.807, 2.05) is 6.92 Å². The van der Waals surface area contributed by atoms with Gasteiger partial charge in [0.05, 0.1) is 6.61 Å². The van der Waals surface area contributed by atoms with Crippen LogP contribution in [0.25, 0.3) is 0 Å². The summed E-state index contributed by atoms with van der Waals surface area (Å²) in [5.41, 5.74) is 6.61. The molecule has 0 fully saturated rings. The van der Waals surface area contributed by atoms with Gasteiger partial charge < -0.3 is 20.2 Å². The third-order valence-corrected chi connectivity index (χ3v) is 2.11. The number of rotatable bonds is 6. The van der Waals surface area contributed by atoms with Gasteiger partial charge in [0.25, 0.3) is 0 Å². The summed E-state index contributed by atoms with van der Waals surface area (Å²) >= 11 is 0. The summed E-state index contributed by atoms with van der Waals surface area (Å²) in [4.78, 5) is 15.5. The summed E-state index contributed by atoms with van der Waals surface area (Å²) in [5, 5.41) is 2.90. The van der Waals surface area contributed by atoms with Crippen LogP contribution in [0.3, 0.4) is 0 Å². The Hall–Kier alpha value is -2.24. The Bertz CT molecular complexity index is 477. The number of guanidine groups is 1. The molecule has 0 unspecified atom stereocenters. The molecule has 19 heavy (non-hydrogen) atoms. The molecule has 0 aliphatic heterocycles. The van der Waals surface area contributed by atoms with Crippen molar-refractivity contribution in [2.45, 2.75) is 20.4 Å². The zero-order valence-electron chi connectivity index (χ0n) is 11.2. The molecule has 0 saturated heterocycles. The molecule has 0 spiro atoms. The minimum absolute atomic E-state index is 0.167. The van der Waals surface area contributed by atoms with Crippen LogP contribution in [0, 0.1) is 0 Å².